The Labute approximate surface area is 141 Å². The summed E-state index contributed by atoms with van der Waals surface area (Å²) < 4.78 is 1.94. The van der Waals surface area contributed by atoms with E-state index >= 15 is 0 Å². The number of nitrogens with one attached hydrogen (secondary N) is 1. The molecule has 23 heavy (non-hydrogen) atoms. The largest absolute Gasteiger partial charge is 0.293 e. The van der Waals surface area contributed by atoms with Gasteiger partial charge in [-0.05, 0) is 24.5 Å². The summed E-state index contributed by atoms with van der Waals surface area (Å²) in [6.45, 7) is 10.7. The summed E-state index contributed by atoms with van der Waals surface area (Å²) >= 11 is 6.49. The molecule has 2 heterocycles. The molecule has 0 aliphatic carbocycles. The van der Waals surface area contributed by atoms with Gasteiger partial charge in [0.05, 0.1) is 5.69 Å². The zero-order valence-corrected chi connectivity index (χ0v) is 15.1. The van der Waals surface area contributed by atoms with Gasteiger partial charge in [-0.3, -0.25) is 5.10 Å². The van der Waals surface area contributed by atoms with Crippen molar-refractivity contribution in [3.8, 4) is 0 Å². The molecule has 5 heteroatoms. The average molecular weight is 331 g/mol. The lowest BCUT2D eigenvalue weighted by Gasteiger charge is -2.16. The number of halogens is 1. The molecule has 1 unspecified atom stereocenters. The highest BCUT2D eigenvalue weighted by Crippen LogP contribution is 2.32. The second-order valence-corrected chi connectivity index (χ2v) is 7.68. The van der Waals surface area contributed by atoms with Gasteiger partial charge in [-0.1, -0.05) is 63.6 Å². The first-order valence-electron chi connectivity index (χ1n) is 7.96. The van der Waals surface area contributed by atoms with Crippen LogP contribution in [0.2, 0.25) is 5.02 Å². The standard InChI is InChI=1S/C18H23ClN4/c1-11-8-6-7-9-13(11)10-12(2)16-20-21-17-14(19)15(18(3,4)5)22-23(16)17/h6-9,12,22H,10H2,1-5H3. The van der Waals surface area contributed by atoms with Crippen LogP contribution < -0.4 is 0 Å². The van der Waals surface area contributed by atoms with Crippen molar-refractivity contribution in [3.63, 3.8) is 0 Å². The van der Waals surface area contributed by atoms with Gasteiger partial charge in [0.25, 0.3) is 0 Å². The molecule has 0 radical (unpaired) electrons. The topological polar surface area (TPSA) is 46.0 Å². The van der Waals surface area contributed by atoms with Crippen molar-refractivity contribution in [1.82, 2.24) is 19.8 Å². The van der Waals surface area contributed by atoms with E-state index in [1.165, 1.54) is 11.1 Å². The molecule has 0 saturated carbocycles. The highest BCUT2D eigenvalue weighted by Gasteiger charge is 2.26. The molecule has 0 aliphatic rings. The first kappa shape index (κ1) is 16.1. The first-order valence-corrected chi connectivity index (χ1v) is 8.34. The van der Waals surface area contributed by atoms with Gasteiger partial charge in [0.1, 0.15) is 5.02 Å². The Morgan fingerprint density at radius 2 is 1.91 bits per heavy atom. The van der Waals surface area contributed by atoms with E-state index in [0.717, 1.165) is 17.9 Å². The Morgan fingerprint density at radius 3 is 2.57 bits per heavy atom. The number of hydrogen-bond donors (Lipinski definition) is 1. The predicted molar refractivity (Wildman–Crippen MR) is 94.3 cm³/mol. The second kappa shape index (κ2) is 5.68. The molecule has 1 atom stereocenters. The normalized spacial score (nSPS) is 13.7. The van der Waals surface area contributed by atoms with E-state index in [1.54, 1.807) is 0 Å². The molecule has 3 rings (SSSR count). The highest BCUT2D eigenvalue weighted by atomic mass is 35.5. The third kappa shape index (κ3) is 2.88. The van der Waals surface area contributed by atoms with E-state index in [4.69, 9.17) is 11.6 Å². The second-order valence-electron chi connectivity index (χ2n) is 7.30. The van der Waals surface area contributed by atoms with Gasteiger partial charge in [-0.15, -0.1) is 10.2 Å². The van der Waals surface area contributed by atoms with E-state index in [1.807, 2.05) is 4.52 Å². The summed E-state index contributed by atoms with van der Waals surface area (Å²) in [4.78, 5) is 0. The smallest absolute Gasteiger partial charge is 0.196 e. The zero-order chi connectivity index (χ0) is 16.8. The van der Waals surface area contributed by atoms with Gasteiger partial charge < -0.3 is 0 Å². The molecule has 3 aromatic rings. The van der Waals surface area contributed by atoms with Crippen molar-refractivity contribution in [1.29, 1.82) is 0 Å². The number of aryl methyl sites for hydroxylation is 1. The quantitative estimate of drug-likeness (QED) is 0.759. The van der Waals surface area contributed by atoms with Gasteiger partial charge in [0, 0.05) is 11.3 Å². The van der Waals surface area contributed by atoms with Crippen LogP contribution in [0.1, 0.15) is 56.3 Å². The number of aromatic nitrogens is 4. The van der Waals surface area contributed by atoms with Gasteiger partial charge in [0.2, 0.25) is 0 Å². The minimum atomic E-state index is -0.0612. The SMILES string of the molecule is Cc1ccccc1CC(C)c1nnc2c(Cl)c(C(C)(C)C)[nH]n12. The van der Waals surface area contributed by atoms with Crippen LogP contribution in [0.4, 0.5) is 0 Å². The Morgan fingerprint density at radius 1 is 1.22 bits per heavy atom. The van der Waals surface area contributed by atoms with Crippen molar-refractivity contribution < 1.29 is 0 Å². The number of rotatable bonds is 3. The van der Waals surface area contributed by atoms with Crippen LogP contribution in [0.5, 0.6) is 0 Å². The number of hydrogen-bond acceptors (Lipinski definition) is 2. The maximum absolute atomic E-state index is 6.49. The van der Waals surface area contributed by atoms with Crippen LogP contribution in [0.25, 0.3) is 5.65 Å². The number of aromatic amines is 1. The summed E-state index contributed by atoms with van der Waals surface area (Å²) in [6.07, 6.45) is 0.926. The van der Waals surface area contributed by atoms with Crippen LogP contribution in [-0.4, -0.2) is 19.8 Å². The monoisotopic (exact) mass is 330 g/mol. The van der Waals surface area contributed by atoms with E-state index in [9.17, 15) is 0 Å². The fourth-order valence-corrected chi connectivity index (χ4v) is 3.35. The molecule has 0 amide bonds. The highest BCUT2D eigenvalue weighted by molar-refractivity contribution is 6.34. The summed E-state index contributed by atoms with van der Waals surface area (Å²) in [7, 11) is 0. The maximum atomic E-state index is 6.49. The summed E-state index contributed by atoms with van der Waals surface area (Å²) in [6, 6.07) is 8.47. The van der Waals surface area contributed by atoms with Crippen molar-refractivity contribution in [2.45, 2.75) is 52.4 Å². The average Bonchev–Trinajstić information content (AvgIpc) is 3.01. The zero-order valence-electron chi connectivity index (χ0n) is 14.3. The van der Waals surface area contributed by atoms with E-state index < -0.39 is 0 Å². The summed E-state index contributed by atoms with van der Waals surface area (Å²) in [5, 5.41) is 12.7. The fourth-order valence-electron chi connectivity index (χ4n) is 2.90. The molecule has 0 aliphatic heterocycles. The lowest BCUT2D eigenvalue weighted by molar-refractivity contribution is 0.556. The van der Waals surface area contributed by atoms with Gasteiger partial charge in [0.15, 0.2) is 11.5 Å². The molecule has 0 bridgehead atoms. The van der Waals surface area contributed by atoms with Crippen molar-refractivity contribution in [2.24, 2.45) is 0 Å². The molecule has 0 spiro atoms. The Kier molecular flexibility index (Phi) is 3.96. The van der Waals surface area contributed by atoms with Gasteiger partial charge >= 0.3 is 0 Å². The van der Waals surface area contributed by atoms with Crippen LogP contribution >= 0.6 is 11.6 Å². The molecule has 0 saturated heterocycles. The van der Waals surface area contributed by atoms with Gasteiger partial charge in [-0.25, -0.2) is 4.52 Å². The number of benzene rings is 1. The van der Waals surface area contributed by atoms with Crippen LogP contribution in [-0.2, 0) is 11.8 Å². The molecule has 4 nitrogen and oxygen atoms in total. The van der Waals surface area contributed by atoms with Crippen LogP contribution in [0, 0.1) is 6.92 Å². The van der Waals surface area contributed by atoms with Gasteiger partial charge in [-0.2, -0.15) is 0 Å². The van der Waals surface area contributed by atoms with Crippen LogP contribution in [0.3, 0.4) is 0 Å². The molecular weight excluding hydrogens is 308 g/mol. The molecule has 1 aromatic carbocycles. The van der Waals surface area contributed by atoms with E-state index in [-0.39, 0.29) is 11.3 Å². The minimum absolute atomic E-state index is 0.0612. The number of fused-ring (bicyclic) bond motifs is 1. The molecule has 1 N–H and O–H groups in total. The summed E-state index contributed by atoms with van der Waals surface area (Å²) in [5.74, 6) is 1.16. The van der Waals surface area contributed by atoms with Crippen molar-refractivity contribution >= 4 is 17.2 Å². The molecular formula is C18H23ClN4. The Balaban J connectivity index is 1.98. The number of H-pyrrole nitrogens is 1. The molecule has 2 aromatic heterocycles. The Bertz CT molecular complexity index is 838. The third-order valence-electron chi connectivity index (χ3n) is 4.31. The summed E-state index contributed by atoms with van der Waals surface area (Å²) in [5.41, 5.74) is 4.29. The lowest BCUT2D eigenvalue weighted by Crippen LogP contribution is -2.13. The first-order chi connectivity index (χ1) is 10.8. The van der Waals surface area contributed by atoms with Crippen molar-refractivity contribution in [3.05, 3.63) is 51.9 Å². The Hall–Kier alpha value is -1.81. The number of nitrogens with zero attached hydrogens (tertiary/aromatic N) is 3. The minimum Gasteiger partial charge on any atom is -0.293 e. The van der Waals surface area contributed by atoms with Crippen molar-refractivity contribution in [2.75, 3.05) is 0 Å². The maximum Gasteiger partial charge on any atom is 0.196 e. The molecule has 122 valence electrons. The third-order valence-corrected chi connectivity index (χ3v) is 4.66. The lowest BCUT2D eigenvalue weighted by atomic mass is 9.92. The van der Waals surface area contributed by atoms with Crippen LogP contribution in [0.15, 0.2) is 24.3 Å². The van der Waals surface area contributed by atoms with E-state index in [2.05, 4.69) is 74.2 Å². The molecule has 0 fully saturated rings. The van der Waals surface area contributed by atoms with E-state index in [0.29, 0.717) is 10.7 Å². The fraction of sp³-hybridized carbons (Fsp3) is 0.444. The predicted octanol–water partition coefficient (Wildman–Crippen LogP) is 4.66.